The number of halogens is 1. The lowest BCUT2D eigenvalue weighted by atomic mass is 10.1. The lowest BCUT2D eigenvalue weighted by Crippen LogP contribution is -2.40. The number of hydrogen-bond donors (Lipinski definition) is 1. The summed E-state index contributed by atoms with van der Waals surface area (Å²) >= 11 is 0. The minimum absolute atomic E-state index is 0.0442. The van der Waals surface area contributed by atoms with Crippen molar-refractivity contribution in [3.05, 3.63) is 83.9 Å². The topological polar surface area (TPSA) is 67.2 Å². The highest BCUT2D eigenvalue weighted by Gasteiger charge is 2.17. The predicted molar refractivity (Wildman–Crippen MR) is 103 cm³/mol. The van der Waals surface area contributed by atoms with Crippen molar-refractivity contribution in [2.75, 3.05) is 13.1 Å². The molecule has 0 aliphatic heterocycles. The van der Waals surface area contributed by atoms with Crippen molar-refractivity contribution in [2.24, 2.45) is 0 Å². The average Bonchev–Trinajstić information content (AvgIpc) is 3.26. The van der Waals surface area contributed by atoms with Crippen LogP contribution in [0.5, 0.6) is 0 Å². The number of hydrogen-bond acceptors (Lipinski definition) is 3. The molecule has 0 saturated carbocycles. The van der Waals surface area contributed by atoms with Gasteiger partial charge in [-0.25, -0.2) is 9.07 Å². The Bertz CT molecular complexity index is 922. The minimum Gasteiger partial charge on any atom is -0.350 e. The molecule has 2 aromatic carbocycles. The summed E-state index contributed by atoms with van der Waals surface area (Å²) in [5, 5.41) is 6.90. The van der Waals surface area contributed by atoms with Gasteiger partial charge in [0.2, 0.25) is 5.91 Å². The Kier molecular flexibility index (Phi) is 6.16. The number of aromatic nitrogens is 2. The summed E-state index contributed by atoms with van der Waals surface area (Å²) in [6.07, 6.45) is 3.50. The summed E-state index contributed by atoms with van der Waals surface area (Å²) in [7, 11) is 0. The molecule has 0 fully saturated rings. The Morgan fingerprint density at radius 2 is 1.82 bits per heavy atom. The van der Waals surface area contributed by atoms with Crippen LogP contribution in [0.4, 0.5) is 4.39 Å². The van der Waals surface area contributed by atoms with Gasteiger partial charge in [0, 0.05) is 31.0 Å². The van der Waals surface area contributed by atoms with Crippen LogP contribution in [-0.2, 0) is 11.3 Å². The fourth-order valence-electron chi connectivity index (χ4n) is 2.72. The van der Waals surface area contributed by atoms with Gasteiger partial charge in [0.25, 0.3) is 5.91 Å². The molecule has 0 aliphatic rings. The maximum atomic E-state index is 12.9. The van der Waals surface area contributed by atoms with Crippen molar-refractivity contribution < 1.29 is 14.0 Å². The Morgan fingerprint density at radius 1 is 1.11 bits per heavy atom. The quantitative estimate of drug-likeness (QED) is 0.685. The Balaban J connectivity index is 1.58. The Labute approximate surface area is 162 Å². The number of nitrogens with zero attached hydrogens (tertiary/aromatic N) is 3. The van der Waals surface area contributed by atoms with Crippen LogP contribution in [0, 0.1) is 5.82 Å². The van der Waals surface area contributed by atoms with Crippen molar-refractivity contribution in [3.63, 3.8) is 0 Å². The van der Waals surface area contributed by atoms with E-state index in [4.69, 9.17) is 0 Å². The molecule has 3 rings (SSSR count). The van der Waals surface area contributed by atoms with E-state index >= 15 is 0 Å². The second-order valence-corrected chi connectivity index (χ2v) is 6.22. The number of nitrogens with one attached hydrogen (secondary N) is 1. The molecule has 0 saturated heterocycles. The lowest BCUT2D eigenvalue weighted by Gasteiger charge is -2.20. The van der Waals surface area contributed by atoms with Crippen molar-refractivity contribution in [2.45, 2.75) is 13.5 Å². The van der Waals surface area contributed by atoms with Crippen LogP contribution in [0.25, 0.3) is 5.69 Å². The molecule has 0 aliphatic carbocycles. The van der Waals surface area contributed by atoms with Crippen molar-refractivity contribution in [3.8, 4) is 5.69 Å². The molecule has 0 atom stereocenters. The highest BCUT2D eigenvalue weighted by Crippen LogP contribution is 2.11. The van der Waals surface area contributed by atoms with Crippen LogP contribution in [0.3, 0.4) is 0 Å². The molecule has 1 aromatic heterocycles. The van der Waals surface area contributed by atoms with Gasteiger partial charge in [-0.05, 0) is 55.0 Å². The second kappa shape index (κ2) is 8.94. The summed E-state index contributed by atoms with van der Waals surface area (Å²) < 4.78 is 14.6. The first-order valence-electron chi connectivity index (χ1n) is 8.97. The molecule has 6 nitrogen and oxygen atoms in total. The molecule has 3 aromatic rings. The lowest BCUT2D eigenvalue weighted by molar-refractivity contribution is -0.121. The third kappa shape index (κ3) is 4.82. The molecular formula is C21H21FN4O2. The molecule has 7 heteroatoms. The monoisotopic (exact) mass is 380 g/mol. The summed E-state index contributed by atoms with van der Waals surface area (Å²) in [6, 6.07) is 14.8. The number of amides is 2. The minimum atomic E-state index is -0.323. The van der Waals surface area contributed by atoms with E-state index in [-0.39, 0.29) is 30.7 Å². The Morgan fingerprint density at radius 3 is 2.43 bits per heavy atom. The maximum Gasteiger partial charge on any atom is 0.254 e. The van der Waals surface area contributed by atoms with E-state index in [1.165, 1.54) is 17.0 Å². The molecule has 2 amide bonds. The molecule has 1 heterocycles. The largest absolute Gasteiger partial charge is 0.350 e. The normalized spacial score (nSPS) is 10.5. The van der Waals surface area contributed by atoms with E-state index < -0.39 is 0 Å². The summed E-state index contributed by atoms with van der Waals surface area (Å²) in [5.74, 6) is -0.810. The number of rotatable bonds is 7. The van der Waals surface area contributed by atoms with Crippen LogP contribution in [-0.4, -0.2) is 39.6 Å². The van der Waals surface area contributed by atoms with E-state index in [9.17, 15) is 14.0 Å². The third-order valence-corrected chi connectivity index (χ3v) is 4.29. The molecule has 0 radical (unpaired) electrons. The van der Waals surface area contributed by atoms with Crippen LogP contribution in [0.1, 0.15) is 22.8 Å². The molecule has 28 heavy (non-hydrogen) atoms. The first kappa shape index (κ1) is 19.3. The standard InChI is InChI=1S/C21H21FN4O2/c1-2-25(15-20(27)23-14-16-4-8-18(22)9-5-16)21(28)17-6-10-19(11-7-17)26-13-3-12-24-26/h3-13H,2,14-15H2,1H3,(H,23,27). The molecule has 0 bridgehead atoms. The zero-order chi connectivity index (χ0) is 19.9. The number of carbonyl (C=O) groups is 2. The van der Waals surface area contributed by atoms with Crippen molar-refractivity contribution >= 4 is 11.8 Å². The predicted octanol–water partition coefficient (Wildman–Crippen LogP) is 2.79. The van der Waals surface area contributed by atoms with Gasteiger partial charge in [-0.15, -0.1) is 0 Å². The zero-order valence-corrected chi connectivity index (χ0v) is 15.5. The number of likely N-dealkylation sites (N-methyl/N-ethyl adjacent to an activating group) is 1. The number of benzene rings is 2. The van der Waals surface area contributed by atoms with Crippen LogP contribution in [0.2, 0.25) is 0 Å². The Hall–Kier alpha value is -3.48. The first-order valence-corrected chi connectivity index (χ1v) is 8.97. The highest BCUT2D eigenvalue weighted by molar-refractivity contribution is 5.96. The second-order valence-electron chi connectivity index (χ2n) is 6.22. The molecule has 144 valence electrons. The van der Waals surface area contributed by atoms with Gasteiger partial charge in [0.1, 0.15) is 5.82 Å². The van der Waals surface area contributed by atoms with Gasteiger partial charge in [-0.1, -0.05) is 12.1 Å². The smallest absolute Gasteiger partial charge is 0.254 e. The van der Waals surface area contributed by atoms with Gasteiger partial charge in [0.05, 0.1) is 12.2 Å². The fourth-order valence-corrected chi connectivity index (χ4v) is 2.72. The SMILES string of the molecule is CCN(CC(=O)NCc1ccc(F)cc1)C(=O)c1ccc(-n2cccn2)cc1. The summed E-state index contributed by atoms with van der Waals surface area (Å²) in [4.78, 5) is 26.4. The van der Waals surface area contributed by atoms with Gasteiger partial charge in [-0.3, -0.25) is 9.59 Å². The molecular weight excluding hydrogens is 359 g/mol. The van der Waals surface area contributed by atoms with E-state index in [0.717, 1.165) is 11.3 Å². The fraction of sp³-hybridized carbons (Fsp3) is 0.190. The van der Waals surface area contributed by atoms with E-state index in [1.807, 2.05) is 31.3 Å². The first-order chi connectivity index (χ1) is 13.6. The summed E-state index contributed by atoms with van der Waals surface area (Å²) in [6.45, 7) is 2.47. The van der Waals surface area contributed by atoms with E-state index in [1.54, 1.807) is 35.1 Å². The van der Waals surface area contributed by atoms with Crippen LogP contribution in [0.15, 0.2) is 67.0 Å². The molecule has 0 unspecified atom stereocenters. The molecule has 0 spiro atoms. The maximum absolute atomic E-state index is 12.9. The van der Waals surface area contributed by atoms with E-state index in [2.05, 4.69) is 10.4 Å². The highest BCUT2D eigenvalue weighted by atomic mass is 19.1. The van der Waals surface area contributed by atoms with Gasteiger partial charge in [0.15, 0.2) is 0 Å². The van der Waals surface area contributed by atoms with Gasteiger partial charge < -0.3 is 10.2 Å². The average molecular weight is 380 g/mol. The summed E-state index contributed by atoms with van der Waals surface area (Å²) in [5.41, 5.74) is 2.14. The third-order valence-electron chi connectivity index (χ3n) is 4.29. The van der Waals surface area contributed by atoms with Crippen molar-refractivity contribution in [1.29, 1.82) is 0 Å². The van der Waals surface area contributed by atoms with Crippen molar-refractivity contribution in [1.82, 2.24) is 20.0 Å². The van der Waals surface area contributed by atoms with Crippen LogP contribution < -0.4 is 5.32 Å². The van der Waals surface area contributed by atoms with Crippen LogP contribution >= 0.6 is 0 Å². The van der Waals surface area contributed by atoms with Gasteiger partial charge >= 0.3 is 0 Å². The van der Waals surface area contributed by atoms with Gasteiger partial charge in [-0.2, -0.15) is 5.10 Å². The number of carbonyl (C=O) groups excluding carboxylic acids is 2. The zero-order valence-electron chi connectivity index (χ0n) is 15.5. The molecule has 1 N–H and O–H groups in total. The van der Waals surface area contributed by atoms with E-state index in [0.29, 0.717) is 12.1 Å².